The van der Waals surface area contributed by atoms with Crippen LogP contribution in [0.15, 0.2) is 36.4 Å². The van der Waals surface area contributed by atoms with E-state index in [1.807, 2.05) is 23.1 Å². The van der Waals surface area contributed by atoms with Crippen molar-refractivity contribution in [2.24, 2.45) is 0 Å². The normalized spacial score (nSPS) is 16.1. The fourth-order valence-corrected chi connectivity index (χ4v) is 3.88. The molecule has 0 atom stereocenters. The van der Waals surface area contributed by atoms with Gasteiger partial charge in [-0.1, -0.05) is 18.2 Å². The number of benzene rings is 2. The third kappa shape index (κ3) is 2.36. The van der Waals surface area contributed by atoms with Crippen LogP contribution in [-0.4, -0.2) is 28.9 Å². The number of methoxy groups -OCH3 is 1. The molecular formula is C21H18FN3O2. The highest BCUT2D eigenvalue weighted by Crippen LogP contribution is 2.41. The van der Waals surface area contributed by atoms with Crippen molar-refractivity contribution in [3.63, 3.8) is 0 Å². The van der Waals surface area contributed by atoms with E-state index in [0.29, 0.717) is 40.8 Å². The highest BCUT2D eigenvalue weighted by molar-refractivity contribution is 6.11. The fourth-order valence-electron chi connectivity index (χ4n) is 3.88. The Balaban J connectivity index is 1.74. The average Bonchev–Trinajstić information content (AvgIpc) is 3.45. The zero-order chi connectivity index (χ0) is 18.7. The summed E-state index contributed by atoms with van der Waals surface area (Å²) in [6, 6.07) is 10.4. The van der Waals surface area contributed by atoms with Gasteiger partial charge in [0, 0.05) is 28.6 Å². The Hall–Kier alpha value is -3.15. The molecule has 1 saturated carbocycles. The number of rotatable bonds is 3. The molecule has 1 fully saturated rings. The fraction of sp³-hybridized carbons (Fsp3) is 0.238. The van der Waals surface area contributed by atoms with Crippen molar-refractivity contribution in [2.75, 3.05) is 12.8 Å². The van der Waals surface area contributed by atoms with E-state index in [0.717, 1.165) is 29.4 Å². The molecule has 6 heteroatoms. The van der Waals surface area contributed by atoms with Crippen molar-refractivity contribution in [3.05, 3.63) is 53.5 Å². The molecule has 1 aromatic heterocycles. The summed E-state index contributed by atoms with van der Waals surface area (Å²) in [5.74, 6) is 0.0399. The first-order chi connectivity index (χ1) is 13.1. The molecule has 1 aliphatic carbocycles. The lowest BCUT2D eigenvalue weighted by molar-refractivity contribution is 0.0767. The molecule has 0 radical (unpaired) electrons. The van der Waals surface area contributed by atoms with Crippen LogP contribution < -0.4 is 10.5 Å². The summed E-state index contributed by atoms with van der Waals surface area (Å²) in [5, 5.41) is 0.726. The van der Waals surface area contributed by atoms with Crippen LogP contribution in [0.25, 0.3) is 22.0 Å². The van der Waals surface area contributed by atoms with Crippen molar-refractivity contribution in [1.29, 1.82) is 0 Å². The molecule has 2 heterocycles. The topological polar surface area (TPSA) is 68.5 Å². The minimum Gasteiger partial charge on any atom is -0.496 e. The zero-order valence-electron chi connectivity index (χ0n) is 14.8. The monoisotopic (exact) mass is 363 g/mol. The molecule has 0 saturated heterocycles. The number of ether oxygens (including phenoxy) is 1. The SMILES string of the molecule is COc1cc(F)ccc1-c1cccc2c(N)c3c(nc12)CN(C1CC1)C3=O. The molecule has 2 aromatic carbocycles. The molecule has 0 spiro atoms. The molecule has 3 aromatic rings. The number of amides is 1. The van der Waals surface area contributed by atoms with Gasteiger partial charge in [-0.3, -0.25) is 4.79 Å². The molecule has 2 aliphatic rings. The average molecular weight is 363 g/mol. The van der Waals surface area contributed by atoms with Crippen LogP contribution in [0, 0.1) is 5.82 Å². The first-order valence-electron chi connectivity index (χ1n) is 8.94. The van der Waals surface area contributed by atoms with Crippen LogP contribution in [0.2, 0.25) is 0 Å². The highest BCUT2D eigenvalue weighted by atomic mass is 19.1. The summed E-state index contributed by atoms with van der Waals surface area (Å²) < 4.78 is 19.0. The molecule has 2 N–H and O–H groups in total. The second-order valence-corrected chi connectivity index (χ2v) is 7.06. The van der Waals surface area contributed by atoms with E-state index < -0.39 is 0 Å². The Morgan fingerprint density at radius 2 is 2.04 bits per heavy atom. The highest BCUT2D eigenvalue weighted by Gasteiger charge is 2.40. The van der Waals surface area contributed by atoms with Crippen LogP contribution in [-0.2, 0) is 6.54 Å². The number of aromatic nitrogens is 1. The van der Waals surface area contributed by atoms with Gasteiger partial charge in [0.1, 0.15) is 11.6 Å². The number of nitrogens with two attached hydrogens (primary N) is 1. The van der Waals surface area contributed by atoms with Crippen LogP contribution in [0.3, 0.4) is 0 Å². The lowest BCUT2D eigenvalue weighted by Gasteiger charge is -2.13. The lowest BCUT2D eigenvalue weighted by atomic mass is 9.98. The van der Waals surface area contributed by atoms with E-state index in [4.69, 9.17) is 15.5 Å². The van der Waals surface area contributed by atoms with E-state index >= 15 is 0 Å². The second kappa shape index (κ2) is 5.67. The molecular weight excluding hydrogens is 345 g/mol. The lowest BCUT2D eigenvalue weighted by Crippen LogP contribution is -2.26. The first-order valence-corrected chi connectivity index (χ1v) is 8.94. The van der Waals surface area contributed by atoms with Crippen LogP contribution in [0.4, 0.5) is 10.1 Å². The van der Waals surface area contributed by atoms with Gasteiger partial charge in [0.2, 0.25) is 0 Å². The smallest absolute Gasteiger partial charge is 0.258 e. The molecule has 5 rings (SSSR count). The molecule has 27 heavy (non-hydrogen) atoms. The second-order valence-electron chi connectivity index (χ2n) is 7.06. The Labute approximate surface area is 155 Å². The number of anilines is 1. The van der Waals surface area contributed by atoms with E-state index in [1.165, 1.54) is 19.2 Å². The first kappa shape index (κ1) is 16.1. The minimum absolute atomic E-state index is 0.0239. The maximum atomic E-state index is 13.6. The third-order valence-electron chi connectivity index (χ3n) is 5.37. The number of hydrogen-bond acceptors (Lipinski definition) is 4. The van der Waals surface area contributed by atoms with Gasteiger partial charge in [-0.25, -0.2) is 9.37 Å². The largest absolute Gasteiger partial charge is 0.496 e. The summed E-state index contributed by atoms with van der Waals surface area (Å²) in [5.41, 5.74) is 10.3. The van der Waals surface area contributed by atoms with E-state index in [-0.39, 0.29) is 11.7 Å². The predicted molar refractivity (Wildman–Crippen MR) is 101 cm³/mol. The zero-order valence-corrected chi connectivity index (χ0v) is 14.8. The number of hydrogen-bond donors (Lipinski definition) is 1. The van der Waals surface area contributed by atoms with Gasteiger partial charge in [-0.05, 0) is 25.0 Å². The predicted octanol–water partition coefficient (Wildman–Crippen LogP) is 3.75. The van der Waals surface area contributed by atoms with Gasteiger partial charge in [0.25, 0.3) is 5.91 Å². The van der Waals surface area contributed by atoms with Gasteiger partial charge in [-0.2, -0.15) is 0 Å². The number of nitrogen functional groups attached to an aromatic ring is 1. The van der Waals surface area contributed by atoms with Crippen molar-refractivity contribution in [1.82, 2.24) is 9.88 Å². The molecule has 0 unspecified atom stereocenters. The van der Waals surface area contributed by atoms with Gasteiger partial charge in [0.05, 0.1) is 36.1 Å². The van der Waals surface area contributed by atoms with Crippen molar-refractivity contribution < 1.29 is 13.9 Å². The summed E-state index contributed by atoms with van der Waals surface area (Å²) in [6.07, 6.45) is 2.08. The Morgan fingerprint density at radius 3 is 2.78 bits per heavy atom. The van der Waals surface area contributed by atoms with Crippen molar-refractivity contribution in [3.8, 4) is 16.9 Å². The molecule has 0 bridgehead atoms. The molecule has 136 valence electrons. The molecule has 1 aliphatic heterocycles. The van der Waals surface area contributed by atoms with Crippen LogP contribution in [0.1, 0.15) is 28.9 Å². The number of pyridine rings is 1. The summed E-state index contributed by atoms with van der Waals surface area (Å²) in [6.45, 7) is 0.494. The molecule has 5 nitrogen and oxygen atoms in total. The Bertz CT molecular complexity index is 1110. The van der Waals surface area contributed by atoms with Crippen LogP contribution >= 0.6 is 0 Å². The van der Waals surface area contributed by atoms with E-state index in [2.05, 4.69) is 0 Å². The molecule has 1 amide bonds. The standard InChI is InChI=1S/C21H18FN3O2/c1-27-17-9-11(22)5-8-13(17)14-3-2-4-15-19(23)18-16(24-20(14)15)10-25(21(18)26)12-6-7-12/h2-5,8-9,12H,6-7,10H2,1H3,(H2,23,24). The van der Waals surface area contributed by atoms with Gasteiger partial charge in [0.15, 0.2) is 0 Å². The number of fused-ring (bicyclic) bond motifs is 2. The maximum absolute atomic E-state index is 13.6. The number of para-hydroxylation sites is 1. The van der Waals surface area contributed by atoms with Crippen LogP contribution in [0.5, 0.6) is 5.75 Å². The number of halogens is 1. The minimum atomic E-state index is -0.366. The van der Waals surface area contributed by atoms with Gasteiger partial charge in [-0.15, -0.1) is 0 Å². The number of carbonyl (C=O) groups is 1. The Kier molecular flexibility index (Phi) is 3.37. The van der Waals surface area contributed by atoms with Gasteiger partial charge >= 0.3 is 0 Å². The quantitative estimate of drug-likeness (QED) is 0.769. The Morgan fingerprint density at radius 1 is 1.22 bits per heavy atom. The third-order valence-corrected chi connectivity index (χ3v) is 5.37. The number of carbonyl (C=O) groups excluding carboxylic acids is 1. The van der Waals surface area contributed by atoms with Crippen molar-refractivity contribution >= 4 is 22.5 Å². The van der Waals surface area contributed by atoms with Gasteiger partial charge < -0.3 is 15.4 Å². The number of nitrogens with zero attached hydrogens (tertiary/aromatic N) is 2. The summed E-state index contributed by atoms with van der Waals surface area (Å²) >= 11 is 0. The maximum Gasteiger partial charge on any atom is 0.258 e. The van der Waals surface area contributed by atoms with Crippen molar-refractivity contribution in [2.45, 2.75) is 25.4 Å². The van der Waals surface area contributed by atoms with E-state index in [1.54, 1.807) is 6.07 Å². The van der Waals surface area contributed by atoms with E-state index in [9.17, 15) is 9.18 Å². The summed E-state index contributed by atoms with van der Waals surface area (Å²) in [4.78, 5) is 19.5. The summed E-state index contributed by atoms with van der Waals surface area (Å²) in [7, 11) is 1.51.